The largest absolute Gasteiger partial charge is 0.349 e. The summed E-state index contributed by atoms with van der Waals surface area (Å²) >= 11 is 0. The minimum Gasteiger partial charge on any atom is -0.349 e. The van der Waals surface area contributed by atoms with Gasteiger partial charge in [-0.15, -0.1) is 12.4 Å². The van der Waals surface area contributed by atoms with Gasteiger partial charge in [-0.25, -0.2) is 0 Å². The second kappa shape index (κ2) is 6.80. The lowest BCUT2D eigenvalue weighted by Crippen LogP contribution is -2.33. The number of carbonyl (C=O) groups excluding carboxylic acids is 1. The molecule has 0 radical (unpaired) electrons. The summed E-state index contributed by atoms with van der Waals surface area (Å²) in [5.41, 5.74) is 10.0. The number of hydrogen-bond acceptors (Lipinski definition) is 2. The highest BCUT2D eigenvalue weighted by atomic mass is 35.5. The molecular weight excluding hydrogens is 284 g/mol. The summed E-state index contributed by atoms with van der Waals surface area (Å²) < 4.78 is 0. The van der Waals surface area contributed by atoms with E-state index in [9.17, 15) is 4.79 Å². The van der Waals surface area contributed by atoms with Crippen molar-refractivity contribution in [3.05, 3.63) is 34.9 Å². The quantitative estimate of drug-likeness (QED) is 0.902. The number of nitrogens with two attached hydrogens (primary N) is 1. The minimum absolute atomic E-state index is 0. The molecule has 0 aliphatic heterocycles. The molecule has 3 rings (SSSR count). The van der Waals surface area contributed by atoms with Crippen molar-refractivity contribution in [2.24, 2.45) is 11.7 Å². The molecule has 4 heteroatoms. The Morgan fingerprint density at radius 1 is 1.33 bits per heavy atom. The summed E-state index contributed by atoms with van der Waals surface area (Å²) in [6, 6.07) is 6.98. The highest BCUT2D eigenvalue weighted by Gasteiger charge is 2.28. The number of carbonyl (C=O) groups is 1. The van der Waals surface area contributed by atoms with Gasteiger partial charge < -0.3 is 11.1 Å². The Kier molecular flexibility index (Phi) is 5.28. The lowest BCUT2D eigenvalue weighted by molar-refractivity contribution is -0.122. The molecule has 3 atom stereocenters. The molecule has 0 aromatic heterocycles. The van der Waals surface area contributed by atoms with E-state index in [0.29, 0.717) is 12.3 Å². The van der Waals surface area contributed by atoms with E-state index in [1.54, 1.807) is 0 Å². The molecule has 1 aromatic carbocycles. The molecule has 3 N–H and O–H groups in total. The molecule has 2 aliphatic rings. The second-order valence-corrected chi connectivity index (χ2v) is 6.42. The molecule has 1 aromatic rings. The van der Waals surface area contributed by atoms with Crippen LogP contribution in [0.25, 0.3) is 0 Å². The molecule has 116 valence electrons. The zero-order chi connectivity index (χ0) is 14.1. The molecule has 21 heavy (non-hydrogen) atoms. The predicted molar refractivity (Wildman–Crippen MR) is 87.6 cm³/mol. The predicted octanol–water partition coefficient (Wildman–Crippen LogP) is 3.04. The lowest BCUT2D eigenvalue weighted by atomic mass is 9.99. The third-order valence-electron chi connectivity index (χ3n) is 4.88. The van der Waals surface area contributed by atoms with E-state index < -0.39 is 0 Å². The number of hydrogen-bond donors (Lipinski definition) is 2. The molecule has 0 saturated heterocycles. The third-order valence-corrected chi connectivity index (χ3v) is 4.88. The fourth-order valence-electron chi connectivity index (χ4n) is 3.71. The molecule has 0 heterocycles. The van der Waals surface area contributed by atoms with Crippen molar-refractivity contribution >= 4 is 18.3 Å². The smallest absolute Gasteiger partial charge is 0.220 e. The van der Waals surface area contributed by atoms with E-state index in [2.05, 4.69) is 30.4 Å². The third kappa shape index (κ3) is 3.58. The van der Waals surface area contributed by atoms with Crippen LogP contribution in [-0.2, 0) is 11.2 Å². The molecule has 1 unspecified atom stereocenters. The molecule has 1 amide bonds. The molecule has 3 nitrogen and oxygen atoms in total. The van der Waals surface area contributed by atoms with E-state index in [1.165, 1.54) is 23.1 Å². The second-order valence-electron chi connectivity index (χ2n) is 6.42. The number of fused-ring (bicyclic) bond motifs is 1. The molecule has 1 saturated carbocycles. The Hall–Kier alpha value is -1.06. The van der Waals surface area contributed by atoms with Crippen molar-refractivity contribution in [3.63, 3.8) is 0 Å². The number of halogens is 1. The van der Waals surface area contributed by atoms with Crippen molar-refractivity contribution in [1.29, 1.82) is 0 Å². The maximum atomic E-state index is 12.2. The van der Waals surface area contributed by atoms with Crippen LogP contribution in [0.3, 0.4) is 0 Å². The van der Waals surface area contributed by atoms with Crippen LogP contribution >= 0.6 is 12.4 Å². The van der Waals surface area contributed by atoms with Crippen molar-refractivity contribution in [2.75, 3.05) is 0 Å². The summed E-state index contributed by atoms with van der Waals surface area (Å²) in [4.78, 5) is 12.2. The van der Waals surface area contributed by atoms with Crippen molar-refractivity contribution < 1.29 is 4.79 Å². The topological polar surface area (TPSA) is 55.1 Å². The first-order valence-electron chi connectivity index (χ1n) is 7.78. The van der Waals surface area contributed by atoms with Gasteiger partial charge in [0.05, 0.1) is 6.04 Å². The average molecular weight is 309 g/mol. The van der Waals surface area contributed by atoms with Crippen LogP contribution in [0.4, 0.5) is 0 Å². The average Bonchev–Trinajstić information content (AvgIpc) is 2.97. The number of rotatable bonds is 3. The zero-order valence-corrected chi connectivity index (χ0v) is 13.4. The lowest BCUT2D eigenvalue weighted by Gasteiger charge is -2.18. The van der Waals surface area contributed by atoms with Gasteiger partial charge in [0.1, 0.15) is 0 Å². The van der Waals surface area contributed by atoms with Gasteiger partial charge in [-0.3, -0.25) is 4.79 Å². The zero-order valence-electron chi connectivity index (χ0n) is 12.6. The molecular formula is C17H25ClN2O. The fraction of sp³-hybridized carbons (Fsp3) is 0.588. The summed E-state index contributed by atoms with van der Waals surface area (Å²) in [5.74, 6) is 0.555. The summed E-state index contributed by atoms with van der Waals surface area (Å²) in [5, 5.41) is 3.21. The van der Waals surface area contributed by atoms with Crippen LogP contribution in [0.5, 0.6) is 0 Å². The Balaban J connectivity index is 0.00000161. The number of aryl methyl sites for hydroxylation is 2. The highest BCUT2D eigenvalue weighted by molar-refractivity contribution is 5.85. The van der Waals surface area contributed by atoms with Crippen LogP contribution in [-0.4, -0.2) is 11.9 Å². The van der Waals surface area contributed by atoms with Gasteiger partial charge in [0.25, 0.3) is 0 Å². The van der Waals surface area contributed by atoms with Crippen molar-refractivity contribution in [1.82, 2.24) is 5.32 Å². The van der Waals surface area contributed by atoms with Gasteiger partial charge in [-0.1, -0.05) is 30.2 Å². The van der Waals surface area contributed by atoms with Gasteiger partial charge in [0.15, 0.2) is 0 Å². The van der Waals surface area contributed by atoms with E-state index in [4.69, 9.17) is 5.73 Å². The first-order chi connectivity index (χ1) is 9.63. The van der Waals surface area contributed by atoms with Gasteiger partial charge >= 0.3 is 0 Å². The van der Waals surface area contributed by atoms with Gasteiger partial charge in [-0.2, -0.15) is 0 Å². The summed E-state index contributed by atoms with van der Waals surface area (Å²) in [7, 11) is 0. The SMILES string of the molecule is Cc1ccc2c(c1)CCC2NC(=O)C[C@@H]1CCC[C@H]1N.Cl. The van der Waals surface area contributed by atoms with Crippen LogP contribution in [0.15, 0.2) is 18.2 Å². The number of nitrogens with one attached hydrogen (secondary N) is 1. The van der Waals surface area contributed by atoms with Crippen LogP contribution in [0.2, 0.25) is 0 Å². The van der Waals surface area contributed by atoms with E-state index in [-0.39, 0.29) is 30.4 Å². The maximum Gasteiger partial charge on any atom is 0.220 e. The first kappa shape index (κ1) is 16.3. The number of benzene rings is 1. The minimum atomic E-state index is 0. The monoisotopic (exact) mass is 308 g/mol. The van der Waals surface area contributed by atoms with E-state index in [1.807, 2.05) is 0 Å². The van der Waals surface area contributed by atoms with E-state index >= 15 is 0 Å². The standard InChI is InChI=1S/C17H24N2O.ClH/c1-11-5-7-14-12(9-11)6-8-16(14)19-17(20)10-13-3-2-4-15(13)18;/h5,7,9,13,15-16H,2-4,6,8,10,18H2,1H3,(H,19,20);1H/t13-,15+,16?;/m0./s1. The molecule has 1 fully saturated rings. The van der Waals surface area contributed by atoms with Gasteiger partial charge in [0, 0.05) is 12.5 Å². The highest BCUT2D eigenvalue weighted by Crippen LogP contribution is 2.32. The first-order valence-corrected chi connectivity index (χ1v) is 7.78. The Bertz CT molecular complexity index is 518. The van der Waals surface area contributed by atoms with Crippen LogP contribution < -0.4 is 11.1 Å². The maximum absolute atomic E-state index is 12.2. The molecule has 0 spiro atoms. The van der Waals surface area contributed by atoms with Crippen molar-refractivity contribution in [2.45, 2.75) is 57.5 Å². The molecule has 0 bridgehead atoms. The van der Waals surface area contributed by atoms with Crippen LogP contribution in [0, 0.1) is 12.8 Å². The normalized spacial score (nSPS) is 27.0. The molecule has 2 aliphatic carbocycles. The Labute approximate surface area is 133 Å². The van der Waals surface area contributed by atoms with Gasteiger partial charge in [0.2, 0.25) is 5.91 Å². The Morgan fingerprint density at radius 3 is 2.86 bits per heavy atom. The Morgan fingerprint density at radius 2 is 2.14 bits per heavy atom. The van der Waals surface area contributed by atoms with E-state index in [0.717, 1.165) is 25.7 Å². The van der Waals surface area contributed by atoms with Crippen LogP contribution in [0.1, 0.15) is 54.8 Å². The number of amides is 1. The summed E-state index contributed by atoms with van der Waals surface area (Å²) in [6.07, 6.45) is 6.05. The fourth-order valence-corrected chi connectivity index (χ4v) is 3.71. The van der Waals surface area contributed by atoms with Gasteiger partial charge in [-0.05, 0) is 49.7 Å². The summed E-state index contributed by atoms with van der Waals surface area (Å²) in [6.45, 7) is 2.12. The van der Waals surface area contributed by atoms with Crippen molar-refractivity contribution in [3.8, 4) is 0 Å².